The number of nitrogens with one attached hydrogen (secondary N) is 1. The van der Waals surface area contributed by atoms with E-state index < -0.39 is 4.92 Å². The molecule has 0 aliphatic carbocycles. The van der Waals surface area contributed by atoms with Gasteiger partial charge in [-0.05, 0) is 36.0 Å². The summed E-state index contributed by atoms with van der Waals surface area (Å²) in [5.41, 5.74) is 8.24. The molecule has 0 aromatic heterocycles. The highest BCUT2D eigenvalue weighted by Crippen LogP contribution is 2.14. The predicted octanol–water partition coefficient (Wildman–Crippen LogP) is 1.99. The minimum atomic E-state index is -0.470. The quantitative estimate of drug-likeness (QED) is 0.382. The number of allylic oxidation sites excluding steroid dienone is 1. The highest BCUT2D eigenvalue weighted by atomic mass is 35.5. The van der Waals surface area contributed by atoms with Crippen LogP contribution in [0.15, 0.2) is 34.4 Å². The molecule has 3 N–H and O–H groups in total. The molecule has 0 saturated carbocycles. The largest absolute Gasteiger partial charge is 0.375 e. The number of benzene rings is 1. The molecule has 94 valence electrons. The van der Waals surface area contributed by atoms with Crippen LogP contribution >= 0.6 is 23.8 Å². The zero-order valence-corrected chi connectivity index (χ0v) is 10.6. The van der Waals surface area contributed by atoms with E-state index in [-0.39, 0.29) is 10.8 Å². The molecule has 6 nitrogen and oxygen atoms in total. The molecule has 0 radical (unpaired) electrons. The highest BCUT2D eigenvalue weighted by Gasteiger charge is 2.02. The second kappa shape index (κ2) is 6.67. The van der Waals surface area contributed by atoms with Crippen molar-refractivity contribution in [3.63, 3.8) is 0 Å². The summed E-state index contributed by atoms with van der Waals surface area (Å²) < 4.78 is 0. The van der Waals surface area contributed by atoms with Gasteiger partial charge >= 0.3 is 0 Å². The summed E-state index contributed by atoms with van der Waals surface area (Å²) in [6, 6.07) is 5.94. The summed E-state index contributed by atoms with van der Waals surface area (Å²) in [6.07, 6.45) is 2.91. The van der Waals surface area contributed by atoms with Gasteiger partial charge in [0.2, 0.25) is 0 Å². The summed E-state index contributed by atoms with van der Waals surface area (Å²) >= 11 is 10.4. The monoisotopic (exact) mass is 284 g/mol. The lowest BCUT2D eigenvalue weighted by Gasteiger charge is -1.95. The zero-order chi connectivity index (χ0) is 13.5. The number of nitro groups is 1. The van der Waals surface area contributed by atoms with Crippen LogP contribution in [-0.4, -0.2) is 16.3 Å². The molecule has 0 fully saturated rings. The van der Waals surface area contributed by atoms with Gasteiger partial charge in [-0.1, -0.05) is 11.6 Å². The van der Waals surface area contributed by atoms with Gasteiger partial charge in [0.05, 0.1) is 16.2 Å². The number of nitrogens with two attached hydrogens (primary N) is 1. The molecule has 1 aromatic carbocycles. The molecule has 0 aliphatic rings. The van der Waals surface area contributed by atoms with E-state index in [9.17, 15) is 10.1 Å². The van der Waals surface area contributed by atoms with Crippen LogP contribution in [0.5, 0.6) is 0 Å². The Morgan fingerprint density at radius 3 is 2.61 bits per heavy atom. The summed E-state index contributed by atoms with van der Waals surface area (Å²) in [7, 11) is 0. The van der Waals surface area contributed by atoms with Crippen molar-refractivity contribution in [3.8, 4) is 0 Å². The molecule has 0 atom stereocenters. The smallest absolute Gasteiger partial charge is 0.269 e. The summed E-state index contributed by atoms with van der Waals surface area (Å²) in [6.45, 7) is 0. The first-order chi connectivity index (χ1) is 8.49. The van der Waals surface area contributed by atoms with Crippen molar-refractivity contribution in [2.75, 3.05) is 0 Å². The van der Waals surface area contributed by atoms with E-state index in [2.05, 4.69) is 22.7 Å². The van der Waals surface area contributed by atoms with Crippen LogP contribution in [0.4, 0.5) is 5.69 Å². The Kier molecular flexibility index (Phi) is 5.22. The molecule has 1 rings (SSSR count). The van der Waals surface area contributed by atoms with Crippen LogP contribution in [0.3, 0.4) is 0 Å². The molecule has 0 heterocycles. The lowest BCUT2D eigenvalue weighted by Crippen LogP contribution is -2.23. The number of non-ortho nitro benzene ring substituents is 1. The first-order valence-corrected chi connectivity index (χ1v) is 5.48. The van der Waals surface area contributed by atoms with Crippen LogP contribution in [0, 0.1) is 10.1 Å². The summed E-state index contributed by atoms with van der Waals surface area (Å²) in [5.74, 6) is 0. The third-order valence-corrected chi connectivity index (χ3v) is 2.07. The second-order valence-electron chi connectivity index (χ2n) is 3.11. The first kappa shape index (κ1) is 14.1. The normalized spacial score (nSPS) is 11.5. The molecule has 18 heavy (non-hydrogen) atoms. The van der Waals surface area contributed by atoms with Crippen LogP contribution in [-0.2, 0) is 0 Å². The van der Waals surface area contributed by atoms with Gasteiger partial charge < -0.3 is 5.73 Å². The number of thiocarbonyl (C=S) groups is 1. The van der Waals surface area contributed by atoms with Crippen molar-refractivity contribution in [2.24, 2.45) is 10.8 Å². The average molecular weight is 285 g/mol. The van der Waals surface area contributed by atoms with Crippen molar-refractivity contribution in [2.45, 2.75) is 0 Å². The minimum absolute atomic E-state index is 0.0205. The number of rotatable bonds is 4. The third-order valence-electron chi connectivity index (χ3n) is 1.77. The third kappa shape index (κ3) is 4.89. The maximum Gasteiger partial charge on any atom is 0.269 e. The Bertz CT molecular complexity index is 513. The van der Waals surface area contributed by atoms with Crippen LogP contribution in [0.1, 0.15) is 5.56 Å². The topological polar surface area (TPSA) is 93.5 Å². The van der Waals surface area contributed by atoms with Crippen LogP contribution < -0.4 is 11.2 Å². The first-order valence-electron chi connectivity index (χ1n) is 4.69. The predicted molar refractivity (Wildman–Crippen MR) is 75.3 cm³/mol. The van der Waals surface area contributed by atoms with E-state index in [4.69, 9.17) is 17.3 Å². The standard InChI is InChI=1S/C10H9ClN4O2S/c11-8(6-13-14-10(12)18)5-7-1-3-9(4-2-7)15(16)17/h1-6H,(H3,12,14,18)/b8-5+,13-6-. The van der Waals surface area contributed by atoms with Gasteiger partial charge in [0.1, 0.15) is 0 Å². The van der Waals surface area contributed by atoms with Gasteiger partial charge in [0.15, 0.2) is 5.11 Å². The summed E-state index contributed by atoms with van der Waals surface area (Å²) in [5, 5.41) is 14.5. The number of hydrogen-bond donors (Lipinski definition) is 2. The van der Waals surface area contributed by atoms with Gasteiger partial charge in [-0.3, -0.25) is 15.5 Å². The van der Waals surface area contributed by atoms with E-state index in [0.29, 0.717) is 10.6 Å². The molecule has 8 heteroatoms. The van der Waals surface area contributed by atoms with Gasteiger partial charge in [-0.25, -0.2) is 0 Å². The van der Waals surface area contributed by atoms with Crippen molar-refractivity contribution in [1.29, 1.82) is 0 Å². The molecule has 1 aromatic rings. The van der Waals surface area contributed by atoms with Gasteiger partial charge in [0, 0.05) is 12.1 Å². The van der Waals surface area contributed by atoms with E-state index in [1.807, 2.05) is 0 Å². The molecule has 0 unspecified atom stereocenters. The molecular weight excluding hydrogens is 276 g/mol. The second-order valence-corrected chi connectivity index (χ2v) is 3.99. The SMILES string of the molecule is NC(=S)N/N=C\C(Cl)=C/c1ccc([N+](=O)[O-])cc1. The Balaban J connectivity index is 2.73. The van der Waals surface area contributed by atoms with E-state index >= 15 is 0 Å². The maximum atomic E-state index is 10.5. The van der Waals surface area contributed by atoms with Gasteiger partial charge in [-0.2, -0.15) is 5.10 Å². The Hall–Kier alpha value is -1.99. The van der Waals surface area contributed by atoms with Crippen molar-refractivity contribution in [3.05, 3.63) is 45.0 Å². The number of halogens is 1. The van der Waals surface area contributed by atoms with Crippen molar-refractivity contribution in [1.82, 2.24) is 5.43 Å². The Morgan fingerprint density at radius 2 is 2.11 bits per heavy atom. The number of hydrazone groups is 1. The summed E-state index contributed by atoms with van der Waals surface area (Å²) in [4.78, 5) is 9.98. The van der Waals surface area contributed by atoms with E-state index in [0.717, 1.165) is 0 Å². The molecule has 0 bridgehead atoms. The van der Waals surface area contributed by atoms with Crippen molar-refractivity contribution >= 4 is 46.9 Å². The molecular formula is C10H9ClN4O2S. The fraction of sp³-hybridized carbons (Fsp3) is 0. The minimum Gasteiger partial charge on any atom is -0.375 e. The molecule has 0 aliphatic heterocycles. The Morgan fingerprint density at radius 1 is 1.50 bits per heavy atom. The van der Waals surface area contributed by atoms with Gasteiger partial charge in [0.25, 0.3) is 5.69 Å². The lowest BCUT2D eigenvalue weighted by molar-refractivity contribution is -0.384. The van der Waals surface area contributed by atoms with Crippen LogP contribution in [0.2, 0.25) is 0 Å². The van der Waals surface area contributed by atoms with Gasteiger partial charge in [-0.15, -0.1) is 0 Å². The van der Waals surface area contributed by atoms with E-state index in [1.54, 1.807) is 18.2 Å². The zero-order valence-electron chi connectivity index (χ0n) is 9.04. The molecule has 0 saturated heterocycles. The maximum absolute atomic E-state index is 10.5. The van der Waals surface area contributed by atoms with Crippen molar-refractivity contribution < 1.29 is 4.92 Å². The van der Waals surface area contributed by atoms with Crippen LogP contribution in [0.25, 0.3) is 6.08 Å². The number of hydrogen-bond acceptors (Lipinski definition) is 4. The number of nitrogens with zero attached hydrogens (tertiary/aromatic N) is 2. The fourth-order valence-corrected chi connectivity index (χ4v) is 1.27. The average Bonchev–Trinajstić information content (AvgIpc) is 2.29. The van der Waals surface area contributed by atoms with E-state index in [1.165, 1.54) is 18.3 Å². The molecule has 0 amide bonds. The molecule has 0 spiro atoms. The highest BCUT2D eigenvalue weighted by molar-refractivity contribution is 7.80. The lowest BCUT2D eigenvalue weighted by atomic mass is 10.2. The fourth-order valence-electron chi connectivity index (χ4n) is 1.05. The Labute approximate surface area is 113 Å². The number of nitro benzene ring substituents is 1.